The highest BCUT2D eigenvalue weighted by molar-refractivity contribution is 5.94. The first kappa shape index (κ1) is 27.2. The fourth-order valence-corrected chi connectivity index (χ4v) is 5.69. The van der Waals surface area contributed by atoms with Gasteiger partial charge >= 0.3 is 0 Å². The SMILES string of the molecule is Cc1ccc(-n2ncc3c(=O)n(CC4(O)CCN(C(=O)c5ccc(OC6CCN(C)CC6)cc5)CC4)cnc32)cc1. The van der Waals surface area contributed by atoms with E-state index in [4.69, 9.17) is 4.74 Å². The van der Waals surface area contributed by atoms with Gasteiger partial charge in [-0.2, -0.15) is 5.10 Å². The molecule has 10 nitrogen and oxygen atoms in total. The monoisotopic (exact) mass is 556 g/mol. The first-order chi connectivity index (χ1) is 19.8. The van der Waals surface area contributed by atoms with Gasteiger partial charge in [0.05, 0.1) is 24.0 Å². The maximum absolute atomic E-state index is 13.3. The number of rotatable bonds is 6. The molecule has 214 valence electrons. The lowest BCUT2D eigenvalue weighted by Crippen LogP contribution is -2.49. The number of hydrogen-bond acceptors (Lipinski definition) is 7. The number of aromatic nitrogens is 4. The van der Waals surface area contributed by atoms with Gasteiger partial charge in [-0.1, -0.05) is 17.7 Å². The molecule has 2 saturated heterocycles. The summed E-state index contributed by atoms with van der Waals surface area (Å²) in [6, 6.07) is 15.2. The highest BCUT2D eigenvalue weighted by Gasteiger charge is 2.35. The van der Waals surface area contributed by atoms with Crippen molar-refractivity contribution in [3.63, 3.8) is 0 Å². The minimum Gasteiger partial charge on any atom is -0.490 e. The molecule has 1 amide bonds. The van der Waals surface area contributed by atoms with E-state index >= 15 is 0 Å². The second-order valence-electron chi connectivity index (χ2n) is 11.5. The lowest BCUT2D eigenvalue weighted by molar-refractivity contribution is -0.0299. The Morgan fingerprint density at radius 1 is 1.02 bits per heavy atom. The van der Waals surface area contributed by atoms with Gasteiger partial charge in [0.15, 0.2) is 5.65 Å². The molecule has 0 unspecified atom stereocenters. The quantitative estimate of drug-likeness (QED) is 0.389. The van der Waals surface area contributed by atoms with Gasteiger partial charge in [0, 0.05) is 31.7 Å². The van der Waals surface area contributed by atoms with Gasteiger partial charge in [-0.05, 0) is 76.1 Å². The largest absolute Gasteiger partial charge is 0.490 e. The highest BCUT2D eigenvalue weighted by atomic mass is 16.5. The second kappa shape index (κ2) is 11.1. The zero-order valence-electron chi connectivity index (χ0n) is 23.6. The molecule has 41 heavy (non-hydrogen) atoms. The summed E-state index contributed by atoms with van der Waals surface area (Å²) >= 11 is 0. The molecule has 6 rings (SSSR count). The number of nitrogens with zero attached hydrogens (tertiary/aromatic N) is 6. The third kappa shape index (κ3) is 5.75. The third-order valence-electron chi connectivity index (χ3n) is 8.35. The molecule has 0 saturated carbocycles. The zero-order chi connectivity index (χ0) is 28.6. The summed E-state index contributed by atoms with van der Waals surface area (Å²) in [5.41, 5.74) is 1.67. The summed E-state index contributed by atoms with van der Waals surface area (Å²) in [5.74, 6) is 0.714. The first-order valence-corrected chi connectivity index (χ1v) is 14.3. The van der Waals surface area contributed by atoms with Gasteiger partial charge in [-0.25, -0.2) is 9.67 Å². The van der Waals surface area contributed by atoms with E-state index in [2.05, 4.69) is 22.0 Å². The van der Waals surface area contributed by atoms with Crippen molar-refractivity contribution in [1.29, 1.82) is 0 Å². The number of piperidine rings is 2. The van der Waals surface area contributed by atoms with E-state index in [0.29, 0.717) is 42.5 Å². The molecule has 0 spiro atoms. The van der Waals surface area contributed by atoms with Gasteiger partial charge in [0.1, 0.15) is 23.6 Å². The topological polar surface area (TPSA) is 106 Å². The minimum atomic E-state index is -1.12. The van der Waals surface area contributed by atoms with Crippen molar-refractivity contribution < 1.29 is 14.6 Å². The van der Waals surface area contributed by atoms with E-state index in [1.807, 2.05) is 55.5 Å². The number of amides is 1. The molecular weight excluding hydrogens is 520 g/mol. The number of ether oxygens (including phenoxy) is 1. The maximum atomic E-state index is 13.3. The van der Waals surface area contributed by atoms with Crippen molar-refractivity contribution in [3.8, 4) is 11.4 Å². The summed E-state index contributed by atoms with van der Waals surface area (Å²) in [6.45, 7) is 4.98. The number of carbonyl (C=O) groups is 1. The van der Waals surface area contributed by atoms with Crippen LogP contribution in [-0.4, -0.2) is 85.1 Å². The molecule has 1 N–H and O–H groups in total. The molecule has 4 heterocycles. The van der Waals surface area contributed by atoms with Gasteiger partial charge < -0.3 is 19.6 Å². The summed E-state index contributed by atoms with van der Waals surface area (Å²) in [6.07, 6.45) is 5.94. The second-order valence-corrected chi connectivity index (χ2v) is 11.5. The molecule has 0 radical (unpaired) electrons. The lowest BCUT2D eigenvalue weighted by Gasteiger charge is -2.38. The molecule has 0 atom stereocenters. The Hall–Kier alpha value is -4.02. The fraction of sp³-hybridized carbons (Fsp3) is 0.419. The Bertz CT molecular complexity index is 1580. The summed E-state index contributed by atoms with van der Waals surface area (Å²) in [4.78, 5) is 35.0. The molecule has 10 heteroatoms. The van der Waals surface area contributed by atoms with Crippen LogP contribution in [0.3, 0.4) is 0 Å². The van der Waals surface area contributed by atoms with E-state index in [1.54, 1.807) is 9.58 Å². The number of likely N-dealkylation sites (tertiary alicyclic amines) is 2. The van der Waals surface area contributed by atoms with Crippen LogP contribution in [0.1, 0.15) is 41.6 Å². The minimum absolute atomic E-state index is 0.0679. The summed E-state index contributed by atoms with van der Waals surface area (Å²) < 4.78 is 9.20. The maximum Gasteiger partial charge on any atom is 0.264 e. The van der Waals surface area contributed by atoms with Crippen molar-refractivity contribution in [3.05, 3.63) is 82.5 Å². The Morgan fingerprint density at radius 2 is 1.71 bits per heavy atom. The third-order valence-corrected chi connectivity index (χ3v) is 8.35. The Balaban J connectivity index is 1.08. The number of carbonyl (C=O) groups excluding carboxylic acids is 1. The van der Waals surface area contributed by atoms with Crippen LogP contribution in [0.4, 0.5) is 0 Å². The van der Waals surface area contributed by atoms with E-state index in [1.165, 1.54) is 17.1 Å². The Kier molecular flexibility index (Phi) is 7.35. The number of aliphatic hydroxyl groups is 1. The van der Waals surface area contributed by atoms with Crippen molar-refractivity contribution >= 4 is 16.9 Å². The predicted octanol–water partition coefficient (Wildman–Crippen LogP) is 3.03. The molecule has 0 aliphatic carbocycles. The van der Waals surface area contributed by atoms with Crippen molar-refractivity contribution in [2.24, 2.45) is 0 Å². The van der Waals surface area contributed by atoms with Crippen LogP contribution in [-0.2, 0) is 6.54 Å². The lowest BCUT2D eigenvalue weighted by atomic mass is 9.91. The first-order valence-electron chi connectivity index (χ1n) is 14.3. The molecule has 2 aliphatic rings. The predicted molar refractivity (Wildman–Crippen MR) is 156 cm³/mol. The molecule has 2 aromatic carbocycles. The van der Waals surface area contributed by atoms with Crippen LogP contribution in [0.5, 0.6) is 5.75 Å². The van der Waals surface area contributed by atoms with E-state index < -0.39 is 5.60 Å². The molecule has 2 fully saturated rings. The van der Waals surface area contributed by atoms with Gasteiger partial charge in [0.25, 0.3) is 11.5 Å². The fourth-order valence-electron chi connectivity index (χ4n) is 5.69. The number of aryl methyl sites for hydroxylation is 1. The zero-order valence-corrected chi connectivity index (χ0v) is 23.6. The highest BCUT2D eigenvalue weighted by Crippen LogP contribution is 2.26. The van der Waals surface area contributed by atoms with Crippen LogP contribution in [0, 0.1) is 6.92 Å². The smallest absolute Gasteiger partial charge is 0.264 e. The van der Waals surface area contributed by atoms with E-state index in [-0.39, 0.29) is 24.1 Å². The van der Waals surface area contributed by atoms with Crippen LogP contribution in [0.25, 0.3) is 16.7 Å². The summed E-state index contributed by atoms with van der Waals surface area (Å²) in [5, 5.41) is 16.1. The molecule has 2 aromatic heterocycles. The average Bonchev–Trinajstić information content (AvgIpc) is 3.42. The van der Waals surface area contributed by atoms with Crippen molar-refractivity contribution in [2.45, 2.75) is 50.9 Å². The van der Waals surface area contributed by atoms with Crippen molar-refractivity contribution in [2.75, 3.05) is 33.2 Å². The molecular formula is C31H36N6O4. The van der Waals surface area contributed by atoms with Gasteiger partial charge in [-0.3, -0.25) is 14.2 Å². The normalized spacial score (nSPS) is 18.1. The van der Waals surface area contributed by atoms with Gasteiger partial charge in [-0.15, -0.1) is 0 Å². The van der Waals surface area contributed by atoms with Crippen LogP contribution in [0.15, 0.2) is 65.8 Å². The standard InChI is InChI=1S/C31H36N6O4/c1-22-3-7-24(8-4-22)37-28-27(19-33-37)30(39)36(21-32-28)20-31(40)13-17-35(18-14-31)29(38)23-5-9-25(10-6-23)41-26-11-15-34(2)16-12-26/h3-10,19,21,26,40H,11-18,20H2,1-2H3. The van der Waals surface area contributed by atoms with Gasteiger partial charge in [0.2, 0.25) is 0 Å². The summed E-state index contributed by atoms with van der Waals surface area (Å²) in [7, 11) is 2.12. The molecule has 2 aliphatic heterocycles. The van der Waals surface area contributed by atoms with Crippen LogP contribution < -0.4 is 10.3 Å². The number of benzene rings is 2. The van der Waals surface area contributed by atoms with E-state index in [0.717, 1.165) is 42.9 Å². The Labute approximate surface area is 238 Å². The van der Waals surface area contributed by atoms with Crippen molar-refractivity contribution in [1.82, 2.24) is 29.1 Å². The van der Waals surface area contributed by atoms with E-state index in [9.17, 15) is 14.7 Å². The average molecular weight is 557 g/mol. The Morgan fingerprint density at radius 3 is 2.39 bits per heavy atom. The van der Waals surface area contributed by atoms with Crippen LogP contribution >= 0.6 is 0 Å². The number of fused-ring (bicyclic) bond motifs is 1. The molecule has 0 bridgehead atoms. The van der Waals surface area contributed by atoms with Crippen LogP contribution in [0.2, 0.25) is 0 Å². The number of hydrogen-bond donors (Lipinski definition) is 1. The molecule has 4 aromatic rings.